The van der Waals surface area contributed by atoms with E-state index < -0.39 is 0 Å². The number of rotatable bonds is 0. The van der Waals surface area contributed by atoms with Crippen LogP contribution < -0.4 is 5.32 Å². The molecule has 1 aliphatic carbocycles. The zero-order valence-electron chi connectivity index (χ0n) is 9.13. The molecule has 0 radical (unpaired) electrons. The number of nitrogens with zero attached hydrogens (tertiary/aromatic N) is 2. The van der Waals surface area contributed by atoms with Crippen LogP contribution in [-0.4, -0.2) is 11.5 Å². The summed E-state index contributed by atoms with van der Waals surface area (Å²) in [5.74, 6) is 1.04. The normalized spacial score (nSPS) is 30.1. The summed E-state index contributed by atoms with van der Waals surface area (Å²) in [6.07, 6.45) is 4.59. The highest BCUT2D eigenvalue weighted by molar-refractivity contribution is 9.10. The highest BCUT2D eigenvalue weighted by Gasteiger charge is 2.47. The Kier molecular flexibility index (Phi) is 2.57. The first-order valence-corrected chi connectivity index (χ1v) is 6.81. The van der Waals surface area contributed by atoms with Crippen LogP contribution in [0.15, 0.2) is 10.7 Å². The van der Waals surface area contributed by atoms with Gasteiger partial charge in [-0.2, -0.15) is 5.26 Å². The number of fused-ring (bicyclic) bond motifs is 2. The van der Waals surface area contributed by atoms with Crippen LogP contribution in [0.4, 0.5) is 5.82 Å². The number of halogens is 2. The Hall–Kier alpha value is -0.790. The highest BCUT2D eigenvalue weighted by Crippen LogP contribution is 2.52. The molecule has 88 valence electrons. The van der Waals surface area contributed by atoms with Gasteiger partial charge in [-0.1, -0.05) is 11.6 Å². The third-order valence-electron chi connectivity index (χ3n) is 3.89. The predicted octanol–water partition coefficient (Wildman–Crippen LogP) is 3.48. The molecule has 0 unspecified atom stereocenters. The number of hydrogen-bond acceptors (Lipinski definition) is 3. The Labute approximate surface area is 113 Å². The number of nitriles is 1. The maximum absolute atomic E-state index is 9.05. The molecule has 1 aromatic rings. The fraction of sp³-hybridized carbons (Fsp3) is 0.500. The molecule has 2 heterocycles. The van der Waals surface area contributed by atoms with E-state index in [-0.39, 0.29) is 11.3 Å². The molecule has 2 aliphatic rings. The third-order valence-corrected chi connectivity index (χ3v) is 5.11. The van der Waals surface area contributed by atoms with Gasteiger partial charge in [-0.25, -0.2) is 4.98 Å². The third kappa shape index (κ3) is 1.56. The van der Waals surface area contributed by atoms with Crippen molar-refractivity contribution in [3.63, 3.8) is 0 Å². The lowest BCUT2D eigenvalue weighted by molar-refractivity contribution is 0.477. The molecule has 5 heteroatoms. The van der Waals surface area contributed by atoms with E-state index in [0.29, 0.717) is 0 Å². The van der Waals surface area contributed by atoms with Gasteiger partial charge >= 0.3 is 0 Å². The Balaban J connectivity index is 2.10. The SMILES string of the molecule is N#C[C@H]1CC[C@@]2(CNc3ncc(Br)c(Cl)c32)C1. The van der Waals surface area contributed by atoms with Crippen LogP contribution in [0, 0.1) is 17.2 Å². The van der Waals surface area contributed by atoms with E-state index in [1.54, 1.807) is 6.20 Å². The van der Waals surface area contributed by atoms with Crippen LogP contribution in [0.5, 0.6) is 0 Å². The van der Waals surface area contributed by atoms with E-state index in [1.165, 1.54) is 0 Å². The molecular weight excluding hydrogens is 302 g/mol. The first kappa shape index (κ1) is 11.3. The van der Waals surface area contributed by atoms with Crippen molar-refractivity contribution in [2.24, 2.45) is 5.92 Å². The van der Waals surface area contributed by atoms with Gasteiger partial charge in [-0.15, -0.1) is 0 Å². The summed E-state index contributed by atoms with van der Waals surface area (Å²) in [7, 11) is 0. The number of anilines is 1. The van der Waals surface area contributed by atoms with Crippen molar-refractivity contribution < 1.29 is 0 Å². The van der Waals surface area contributed by atoms with Gasteiger partial charge in [0.2, 0.25) is 0 Å². The predicted molar refractivity (Wildman–Crippen MR) is 70.1 cm³/mol. The van der Waals surface area contributed by atoms with Gasteiger partial charge in [-0.3, -0.25) is 0 Å². The molecule has 1 saturated carbocycles. The maximum Gasteiger partial charge on any atom is 0.131 e. The van der Waals surface area contributed by atoms with E-state index >= 15 is 0 Å². The summed E-state index contributed by atoms with van der Waals surface area (Å²) >= 11 is 9.81. The van der Waals surface area contributed by atoms with E-state index in [1.807, 2.05) is 0 Å². The number of nitrogens with one attached hydrogen (secondary N) is 1. The van der Waals surface area contributed by atoms with Gasteiger partial charge in [0.05, 0.1) is 15.6 Å². The summed E-state index contributed by atoms with van der Waals surface area (Å²) in [6.45, 7) is 0.851. The van der Waals surface area contributed by atoms with Crippen molar-refractivity contribution in [1.82, 2.24) is 4.98 Å². The second-order valence-corrected chi connectivity index (χ2v) is 6.08. The van der Waals surface area contributed by atoms with Crippen molar-refractivity contribution in [2.75, 3.05) is 11.9 Å². The summed E-state index contributed by atoms with van der Waals surface area (Å²) in [6, 6.07) is 2.38. The molecule has 0 bridgehead atoms. The van der Waals surface area contributed by atoms with Crippen LogP contribution in [0.3, 0.4) is 0 Å². The molecule has 3 rings (SSSR count). The van der Waals surface area contributed by atoms with Crippen molar-refractivity contribution >= 4 is 33.3 Å². The topological polar surface area (TPSA) is 48.7 Å². The summed E-state index contributed by atoms with van der Waals surface area (Å²) in [4.78, 5) is 4.36. The number of hydrogen-bond donors (Lipinski definition) is 1. The minimum atomic E-state index is 0.0175. The van der Waals surface area contributed by atoms with Crippen LogP contribution in [-0.2, 0) is 5.41 Å². The average Bonchev–Trinajstić information content (AvgIpc) is 2.90. The van der Waals surface area contributed by atoms with Crippen LogP contribution in [0.2, 0.25) is 5.02 Å². The smallest absolute Gasteiger partial charge is 0.131 e. The van der Waals surface area contributed by atoms with Crippen molar-refractivity contribution in [3.05, 3.63) is 21.3 Å². The fourth-order valence-corrected chi connectivity index (χ4v) is 3.69. The average molecular weight is 313 g/mol. The Bertz CT molecular complexity index is 525. The molecule has 0 amide bonds. The zero-order valence-corrected chi connectivity index (χ0v) is 11.5. The first-order valence-electron chi connectivity index (χ1n) is 5.64. The molecule has 3 nitrogen and oxygen atoms in total. The van der Waals surface area contributed by atoms with Crippen LogP contribution in [0.25, 0.3) is 0 Å². The Morgan fingerprint density at radius 3 is 3.18 bits per heavy atom. The fourth-order valence-electron chi connectivity index (χ4n) is 3.05. The molecule has 1 N–H and O–H groups in total. The van der Waals surface area contributed by atoms with E-state index in [4.69, 9.17) is 16.9 Å². The largest absolute Gasteiger partial charge is 0.369 e. The van der Waals surface area contributed by atoms with Gasteiger partial charge in [0.25, 0.3) is 0 Å². The van der Waals surface area contributed by atoms with Gasteiger partial charge in [-0.05, 0) is 35.2 Å². The van der Waals surface area contributed by atoms with Crippen LogP contribution in [0.1, 0.15) is 24.8 Å². The minimum absolute atomic E-state index is 0.0175. The molecular formula is C12H11BrClN3. The molecule has 1 aliphatic heterocycles. The van der Waals surface area contributed by atoms with E-state index in [9.17, 15) is 0 Å². The van der Waals surface area contributed by atoms with E-state index in [2.05, 4.69) is 32.3 Å². The summed E-state index contributed by atoms with van der Waals surface area (Å²) in [5.41, 5.74) is 1.12. The maximum atomic E-state index is 9.05. The van der Waals surface area contributed by atoms with Crippen molar-refractivity contribution in [1.29, 1.82) is 5.26 Å². The lowest BCUT2D eigenvalue weighted by Crippen LogP contribution is -2.25. The monoisotopic (exact) mass is 311 g/mol. The van der Waals surface area contributed by atoms with Crippen LogP contribution >= 0.6 is 27.5 Å². The van der Waals surface area contributed by atoms with Crippen molar-refractivity contribution in [2.45, 2.75) is 24.7 Å². The molecule has 1 fully saturated rings. The molecule has 17 heavy (non-hydrogen) atoms. The molecule has 0 saturated heterocycles. The lowest BCUT2D eigenvalue weighted by atomic mass is 9.81. The van der Waals surface area contributed by atoms with E-state index in [0.717, 1.165) is 46.7 Å². The van der Waals surface area contributed by atoms with Gasteiger partial charge in [0.15, 0.2) is 0 Å². The van der Waals surface area contributed by atoms with Gasteiger partial charge in [0.1, 0.15) is 5.82 Å². The molecule has 2 atom stereocenters. The quantitative estimate of drug-likeness (QED) is 0.798. The minimum Gasteiger partial charge on any atom is -0.369 e. The summed E-state index contributed by atoms with van der Waals surface area (Å²) < 4.78 is 0.835. The number of aromatic nitrogens is 1. The second kappa shape index (κ2) is 3.86. The van der Waals surface area contributed by atoms with Crippen molar-refractivity contribution in [3.8, 4) is 6.07 Å². The number of pyridine rings is 1. The lowest BCUT2D eigenvalue weighted by Gasteiger charge is -2.23. The van der Waals surface area contributed by atoms with Gasteiger partial charge in [0, 0.05) is 29.6 Å². The second-order valence-electron chi connectivity index (χ2n) is 4.85. The molecule has 0 aromatic carbocycles. The molecule has 1 spiro atoms. The highest BCUT2D eigenvalue weighted by atomic mass is 79.9. The summed E-state index contributed by atoms with van der Waals surface area (Å²) in [5, 5.41) is 13.1. The standard InChI is InChI=1S/C12H11BrClN3/c13-8-5-16-11-9(10(8)14)12(6-17-11)2-1-7(3-12)4-15/h5,7H,1-3,6H2,(H,16,17)/t7-,12-/m0/s1. The first-order chi connectivity index (χ1) is 8.16. The Morgan fingerprint density at radius 2 is 2.47 bits per heavy atom. The van der Waals surface area contributed by atoms with Gasteiger partial charge < -0.3 is 5.32 Å². The molecule has 1 aromatic heterocycles. The zero-order chi connectivity index (χ0) is 12.0. The Morgan fingerprint density at radius 1 is 1.65 bits per heavy atom.